The van der Waals surface area contributed by atoms with Crippen LogP contribution in [0, 0.1) is 0 Å². The Morgan fingerprint density at radius 2 is 1.95 bits per heavy atom. The van der Waals surface area contributed by atoms with Gasteiger partial charge in [0.05, 0.1) is 15.9 Å². The Bertz CT molecular complexity index is 593. The molecule has 0 N–H and O–H groups in total. The van der Waals surface area contributed by atoms with E-state index in [4.69, 9.17) is 4.84 Å². The molecule has 21 heavy (non-hydrogen) atoms. The van der Waals surface area contributed by atoms with E-state index in [0.29, 0.717) is 5.95 Å². The van der Waals surface area contributed by atoms with Gasteiger partial charge in [-0.2, -0.15) is 0 Å². The van der Waals surface area contributed by atoms with Crippen LogP contribution in [0.4, 0.5) is 5.95 Å². The van der Waals surface area contributed by atoms with Gasteiger partial charge >= 0.3 is 0 Å². The number of anilines is 1. The van der Waals surface area contributed by atoms with E-state index in [2.05, 4.69) is 36.0 Å². The lowest BCUT2D eigenvalue weighted by Crippen LogP contribution is -2.35. The predicted octanol–water partition coefficient (Wildman–Crippen LogP) is 1.26. The van der Waals surface area contributed by atoms with Gasteiger partial charge in [0, 0.05) is 44.6 Å². The Balaban J connectivity index is 1.79. The van der Waals surface area contributed by atoms with E-state index < -0.39 is 9.84 Å². The molecule has 0 aromatic carbocycles. The van der Waals surface area contributed by atoms with Crippen LogP contribution in [-0.4, -0.2) is 55.8 Å². The molecule has 2 rings (SSSR count). The standard InChI is InChI=1S/C12H17BrN4O3S/c1-21(18,19)7-6-20-16-11-2-4-17(5-3-11)12-14-8-10(13)9-15-12/h8-9H,2-7H2,1H3. The summed E-state index contributed by atoms with van der Waals surface area (Å²) in [4.78, 5) is 15.7. The van der Waals surface area contributed by atoms with Crippen molar-refractivity contribution in [2.24, 2.45) is 5.16 Å². The lowest BCUT2D eigenvalue weighted by molar-refractivity contribution is 0.158. The van der Waals surface area contributed by atoms with Gasteiger partial charge in [-0.15, -0.1) is 0 Å². The third-order valence-corrected chi connectivity index (χ3v) is 4.29. The van der Waals surface area contributed by atoms with E-state index in [-0.39, 0.29) is 12.4 Å². The van der Waals surface area contributed by atoms with Crippen LogP contribution >= 0.6 is 15.9 Å². The molecule has 0 spiro atoms. The molecule has 1 saturated heterocycles. The van der Waals surface area contributed by atoms with Crippen molar-refractivity contribution in [1.82, 2.24) is 9.97 Å². The first kappa shape index (κ1) is 16.2. The summed E-state index contributed by atoms with van der Waals surface area (Å²) in [5, 5.41) is 4.01. The van der Waals surface area contributed by atoms with E-state index >= 15 is 0 Å². The number of sulfone groups is 1. The third kappa shape index (κ3) is 5.58. The first-order valence-electron chi connectivity index (χ1n) is 6.52. The summed E-state index contributed by atoms with van der Waals surface area (Å²) in [7, 11) is -3.00. The molecule has 0 radical (unpaired) electrons. The topological polar surface area (TPSA) is 84.8 Å². The van der Waals surface area contributed by atoms with E-state index in [1.54, 1.807) is 12.4 Å². The van der Waals surface area contributed by atoms with Gasteiger partial charge in [-0.3, -0.25) is 0 Å². The number of halogens is 1. The highest BCUT2D eigenvalue weighted by Gasteiger charge is 2.17. The molecule has 9 heteroatoms. The molecule has 0 amide bonds. The largest absolute Gasteiger partial charge is 0.395 e. The maximum atomic E-state index is 11.0. The second-order valence-electron chi connectivity index (χ2n) is 4.81. The fourth-order valence-corrected chi connectivity index (χ4v) is 2.43. The molecule has 1 fully saturated rings. The number of rotatable bonds is 5. The number of oxime groups is 1. The van der Waals surface area contributed by atoms with Gasteiger partial charge in [-0.25, -0.2) is 18.4 Å². The molecule has 0 atom stereocenters. The van der Waals surface area contributed by atoms with E-state index in [9.17, 15) is 8.42 Å². The van der Waals surface area contributed by atoms with Crippen molar-refractivity contribution < 1.29 is 13.3 Å². The number of aromatic nitrogens is 2. The minimum atomic E-state index is -3.00. The molecule has 2 heterocycles. The van der Waals surface area contributed by atoms with Crippen LogP contribution < -0.4 is 4.90 Å². The summed E-state index contributed by atoms with van der Waals surface area (Å²) in [6.45, 7) is 1.65. The van der Waals surface area contributed by atoms with Crippen molar-refractivity contribution in [2.75, 3.05) is 36.6 Å². The van der Waals surface area contributed by atoms with E-state index in [1.165, 1.54) is 6.26 Å². The van der Waals surface area contributed by atoms with Crippen LogP contribution in [0.1, 0.15) is 12.8 Å². The van der Waals surface area contributed by atoms with Crippen LogP contribution in [0.25, 0.3) is 0 Å². The maximum Gasteiger partial charge on any atom is 0.225 e. The Morgan fingerprint density at radius 1 is 1.33 bits per heavy atom. The van der Waals surface area contributed by atoms with Gasteiger partial charge in [0.2, 0.25) is 5.95 Å². The highest BCUT2D eigenvalue weighted by Crippen LogP contribution is 2.15. The molecule has 7 nitrogen and oxygen atoms in total. The molecule has 0 aliphatic carbocycles. The zero-order chi connectivity index (χ0) is 15.3. The van der Waals surface area contributed by atoms with Crippen LogP contribution in [0.3, 0.4) is 0 Å². The Hall–Kier alpha value is -1.22. The van der Waals surface area contributed by atoms with Crippen molar-refractivity contribution in [2.45, 2.75) is 12.8 Å². The molecule has 0 bridgehead atoms. The maximum absolute atomic E-state index is 11.0. The number of hydrogen-bond acceptors (Lipinski definition) is 7. The molecular weight excluding hydrogens is 360 g/mol. The molecule has 0 unspecified atom stereocenters. The minimum absolute atomic E-state index is 0.0113. The van der Waals surface area contributed by atoms with Crippen LogP contribution in [0.15, 0.2) is 22.0 Å². The summed E-state index contributed by atoms with van der Waals surface area (Å²) < 4.78 is 22.8. The normalized spacial score (nSPS) is 15.9. The third-order valence-electron chi connectivity index (χ3n) is 2.97. The second kappa shape index (κ2) is 7.17. The molecule has 1 aliphatic heterocycles. The molecule has 1 aromatic heterocycles. The van der Waals surface area contributed by atoms with Gasteiger partial charge in [0.1, 0.15) is 6.61 Å². The average molecular weight is 377 g/mol. The molecule has 1 aromatic rings. The Labute approximate surface area is 132 Å². The number of piperidine rings is 1. The van der Waals surface area contributed by atoms with E-state index in [1.807, 2.05) is 0 Å². The van der Waals surface area contributed by atoms with Crippen molar-refractivity contribution in [1.29, 1.82) is 0 Å². The van der Waals surface area contributed by atoms with Crippen molar-refractivity contribution in [3.63, 3.8) is 0 Å². The monoisotopic (exact) mass is 376 g/mol. The fourth-order valence-electron chi connectivity index (χ4n) is 1.85. The van der Waals surface area contributed by atoms with Crippen molar-refractivity contribution >= 4 is 37.4 Å². The summed E-state index contributed by atoms with van der Waals surface area (Å²) in [5.74, 6) is 0.693. The smallest absolute Gasteiger partial charge is 0.225 e. The summed E-state index contributed by atoms with van der Waals surface area (Å²) >= 11 is 3.31. The molecular formula is C12H17BrN4O3S. The minimum Gasteiger partial charge on any atom is -0.395 e. The zero-order valence-corrected chi connectivity index (χ0v) is 14.1. The predicted molar refractivity (Wildman–Crippen MR) is 84.3 cm³/mol. The highest BCUT2D eigenvalue weighted by molar-refractivity contribution is 9.10. The summed E-state index contributed by atoms with van der Waals surface area (Å²) in [6.07, 6.45) is 6.15. The van der Waals surface area contributed by atoms with Crippen LogP contribution in [-0.2, 0) is 14.7 Å². The second-order valence-corrected chi connectivity index (χ2v) is 7.98. The van der Waals surface area contributed by atoms with Crippen LogP contribution in [0.2, 0.25) is 0 Å². The number of hydrogen-bond donors (Lipinski definition) is 0. The Kier molecular flexibility index (Phi) is 5.51. The first-order valence-corrected chi connectivity index (χ1v) is 9.37. The first-order chi connectivity index (χ1) is 9.94. The zero-order valence-electron chi connectivity index (χ0n) is 11.7. The summed E-state index contributed by atoms with van der Waals surface area (Å²) in [6, 6.07) is 0. The van der Waals surface area contributed by atoms with Gasteiger partial charge in [0.15, 0.2) is 9.84 Å². The van der Waals surface area contributed by atoms with Gasteiger partial charge < -0.3 is 9.74 Å². The van der Waals surface area contributed by atoms with Gasteiger partial charge in [-0.1, -0.05) is 5.16 Å². The summed E-state index contributed by atoms with van der Waals surface area (Å²) in [5.41, 5.74) is 0.942. The molecule has 116 valence electrons. The lowest BCUT2D eigenvalue weighted by Gasteiger charge is -2.27. The SMILES string of the molecule is CS(=O)(=O)CCON=C1CCN(c2ncc(Br)cn2)CC1. The van der Waals surface area contributed by atoms with Crippen molar-refractivity contribution in [3.8, 4) is 0 Å². The van der Waals surface area contributed by atoms with Crippen LogP contribution in [0.5, 0.6) is 0 Å². The lowest BCUT2D eigenvalue weighted by atomic mass is 10.1. The Morgan fingerprint density at radius 3 is 2.52 bits per heavy atom. The van der Waals surface area contributed by atoms with E-state index in [0.717, 1.165) is 36.1 Å². The average Bonchev–Trinajstić information content (AvgIpc) is 2.44. The van der Waals surface area contributed by atoms with Gasteiger partial charge in [0.25, 0.3) is 0 Å². The van der Waals surface area contributed by atoms with Crippen molar-refractivity contribution in [3.05, 3.63) is 16.9 Å². The number of nitrogens with zero attached hydrogens (tertiary/aromatic N) is 4. The van der Waals surface area contributed by atoms with Gasteiger partial charge in [-0.05, 0) is 15.9 Å². The fraction of sp³-hybridized carbons (Fsp3) is 0.583. The molecule has 1 aliphatic rings. The highest BCUT2D eigenvalue weighted by atomic mass is 79.9. The quantitative estimate of drug-likeness (QED) is 0.567. The molecule has 0 saturated carbocycles.